The van der Waals surface area contributed by atoms with Crippen molar-refractivity contribution in [3.8, 4) is 0 Å². The fourth-order valence-corrected chi connectivity index (χ4v) is 2.38. The summed E-state index contributed by atoms with van der Waals surface area (Å²) >= 11 is 3.45. The third-order valence-corrected chi connectivity index (χ3v) is 3.95. The molecular weight excluding hydrogens is 370 g/mol. The van der Waals surface area contributed by atoms with Crippen molar-refractivity contribution in [3.63, 3.8) is 0 Å². The molecule has 0 spiro atoms. The third kappa shape index (κ3) is 5.06. The number of guanidine groups is 1. The molecule has 1 heterocycles. The van der Waals surface area contributed by atoms with E-state index in [-0.39, 0.29) is 5.41 Å². The van der Waals surface area contributed by atoms with Crippen LogP contribution in [0.4, 0.5) is 0 Å². The quantitative estimate of drug-likeness (QED) is 0.637. The second kappa shape index (κ2) is 7.79. The molecule has 6 nitrogen and oxygen atoms in total. The van der Waals surface area contributed by atoms with Gasteiger partial charge >= 0.3 is 0 Å². The molecular formula is C17H24BrN5O. The molecule has 130 valence electrons. The van der Waals surface area contributed by atoms with Crippen LogP contribution in [0.5, 0.6) is 0 Å². The van der Waals surface area contributed by atoms with Gasteiger partial charge in [0.15, 0.2) is 11.8 Å². The zero-order valence-electron chi connectivity index (χ0n) is 14.8. The highest BCUT2D eigenvalue weighted by molar-refractivity contribution is 9.10. The highest BCUT2D eigenvalue weighted by Gasteiger charge is 2.21. The van der Waals surface area contributed by atoms with Gasteiger partial charge in [0.05, 0.1) is 6.54 Å². The lowest BCUT2D eigenvalue weighted by Crippen LogP contribution is -2.38. The minimum atomic E-state index is -0.148. The van der Waals surface area contributed by atoms with E-state index in [1.54, 1.807) is 7.05 Å². The van der Waals surface area contributed by atoms with Gasteiger partial charge in [-0.25, -0.2) is 0 Å². The van der Waals surface area contributed by atoms with Crippen molar-refractivity contribution < 1.29 is 4.52 Å². The van der Waals surface area contributed by atoms with Crippen molar-refractivity contribution in [2.24, 2.45) is 4.99 Å². The Morgan fingerprint density at radius 3 is 2.50 bits per heavy atom. The summed E-state index contributed by atoms with van der Waals surface area (Å²) in [6.45, 7) is 7.36. The summed E-state index contributed by atoms with van der Waals surface area (Å²) in [7, 11) is 3.76. The van der Waals surface area contributed by atoms with Crippen LogP contribution >= 0.6 is 15.9 Å². The van der Waals surface area contributed by atoms with E-state index in [0.717, 1.165) is 17.0 Å². The highest BCUT2D eigenvalue weighted by Crippen LogP contribution is 2.19. The molecule has 0 bridgehead atoms. The maximum absolute atomic E-state index is 5.30. The predicted molar refractivity (Wildman–Crippen MR) is 98.8 cm³/mol. The molecule has 0 amide bonds. The normalized spacial score (nSPS) is 12.3. The van der Waals surface area contributed by atoms with Gasteiger partial charge in [0, 0.05) is 30.5 Å². The molecule has 1 N–H and O–H groups in total. The zero-order chi connectivity index (χ0) is 17.7. The van der Waals surface area contributed by atoms with E-state index in [1.807, 2.05) is 44.9 Å². The number of aromatic nitrogens is 2. The molecule has 7 heteroatoms. The van der Waals surface area contributed by atoms with E-state index in [0.29, 0.717) is 18.3 Å². The standard InChI is InChI=1S/C17H24BrN5O/c1-17(2,3)15-21-14(22-24-15)10-20-16(19-4)23(5)11-12-6-8-13(18)9-7-12/h6-9H,10-11H2,1-5H3,(H,19,20). The largest absolute Gasteiger partial charge is 0.349 e. The molecule has 0 aliphatic heterocycles. The number of rotatable bonds is 4. The van der Waals surface area contributed by atoms with Crippen LogP contribution in [0.3, 0.4) is 0 Å². The Morgan fingerprint density at radius 2 is 1.96 bits per heavy atom. The molecule has 1 aromatic carbocycles. The fourth-order valence-electron chi connectivity index (χ4n) is 2.11. The van der Waals surface area contributed by atoms with Gasteiger partial charge < -0.3 is 14.7 Å². The van der Waals surface area contributed by atoms with E-state index in [9.17, 15) is 0 Å². The predicted octanol–water partition coefficient (Wildman–Crippen LogP) is 3.34. The van der Waals surface area contributed by atoms with Crippen LogP contribution in [0.25, 0.3) is 0 Å². The van der Waals surface area contributed by atoms with E-state index in [2.05, 4.69) is 48.5 Å². The summed E-state index contributed by atoms with van der Waals surface area (Å²) in [5.74, 6) is 2.04. The van der Waals surface area contributed by atoms with Gasteiger partial charge in [0.1, 0.15) is 0 Å². The van der Waals surface area contributed by atoms with E-state index < -0.39 is 0 Å². The van der Waals surface area contributed by atoms with Gasteiger partial charge in [0.25, 0.3) is 0 Å². The van der Waals surface area contributed by atoms with Crippen LogP contribution in [0.1, 0.15) is 38.0 Å². The Hall–Kier alpha value is -1.89. The molecule has 0 saturated carbocycles. The number of benzene rings is 1. The number of hydrogen-bond acceptors (Lipinski definition) is 4. The number of nitrogens with zero attached hydrogens (tertiary/aromatic N) is 4. The maximum atomic E-state index is 5.30. The van der Waals surface area contributed by atoms with Gasteiger partial charge in [-0.05, 0) is 17.7 Å². The van der Waals surface area contributed by atoms with Crippen LogP contribution in [0, 0.1) is 0 Å². The molecule has 0 saturated heterocycles. The van der Waals surface area contributed by atoms with Gasteiger partial charge in [-0.3, -0.25) is 4.99 Å². The van der Waals surface area contributed by atoms with E-state index >= 15 is 0 Å². The van der Waals surface area contributed by atoms with Gasteiger partial charge in [-0.15, -0.1) is 0 Å². The maximum Gasteiger partial charge on any atom is 0.232 e. The van der Waals surface area contributed by atoms with Crippen LogP contribution < -0.4 is 5.32 Å². The molecule has 1 aromatic heterocycles. The summed E-state index contributed by atoms with van der Waals surface area (Å²) in [5.41, 5.74) is 1.06. The lowest BCUT2D eigenvalue weighted by Gasteiger charge is -2.21. The Kier molecular flexibility index (Phi) is 5.99. The van der Waals surface area contributed by atoms with Crippen molar-refractivity contribution in [3.05, 3.63) is 46.0 Å². The minimum Gasteiger partial charge on any atom is -0.349 e. The first-order valence-corrected chi connectivity index (χ1v) is 8.58. The number of aliphatic imine (C=N–C) groups is 1. The molecule has 0 unspecified atom stereocenters. The summed E-state index contributed by atoms with van der Waals surface area (Å²) in [4.78, 5) is 10.8. The first kappa shape index (κ1) is 18.4. The van der Waals surface area contributed by atoms with Crippen molar-refractivity contribution in [2.45, 2.75) is 39.3 Å². The Morgan fingerprint density at radius 1 is 1.29 bits per heavy atom. The first-order valence-electron chi connectivity index (χ1n) is 7.79. The highest BCUT2D eigenvalue weighted by atomic mass is 79.9. The Bertz CT molecular complexity index is 688. The lowest BCUT2D eigenvalue weighted by atomic mass is 9.97. The first-order chi connectivity index (χ1) is 11.3. The molecule has 0 atom stereocenters. The summed E-state index contributed by atoms with van der Waals surface area (Å²) in [5, 5.41) is 7.28. The number of hydrogen-bond donors (Lipinski definition) is 1. The molecule has 0 radical (unpaired) electrons. The van der Waals surface area contributed by atoms with Crippen LogP contribution in [-0.2, 0) is 18.5 Å². The summed E-state index contributed by atoms with van der Waals surface area (Å²) in [6, 6.07) is 8.24. The molecule has 24 heavy (non-hydrogen) atoms. The number of halogens is 1. The average Bonchev–Trinajstić information content (AvgIpc) is 2.99. The second-order valence-electron chi connectivity index (χ2n) is 6.65. The van der Waals surface area contributed by atoms with Crippen molar-refractivity contribution in [1.29, 1.82) is 0 Å². The molecule has 0 aliphatic rings. The van der Waals surface area contributed by atoms with Gasteiger partial charge in [-0.2, -0.15) is 4.98 Å². The van der Waals surface area contributed by atoms with Crippen molar-refractivity contribution >= 4 is 21.9 Å². The smallest absolute Gasteiger partial charge is 0.232 e. The monoisotopic (exact) mass is 393 g/mol. The van der Waals surface area contributed by atoms with Gasteiger partial charge in [0.2, 0.25) is 5.89 Å². The Balaban J connectivity index is 1.94. The fraction of sp³-hybridized carbons (Fsp3) is 0.471. The SMILES string of the molecule is CN=C(NCc1noc(C(C)(C)C)n1)N(C)Cc1ccc(Br)cc1. The minimum absolute atomic E-state index is 0.148. The average molecular weight is 394 g/mol. The van der Waals surface area contributed by atoms with Crippen molar-refractivity contribution in [1.82, 2.24) is 20.4 Å². The Labute approximate surface area is 151 Å². The zero-order valence-corrected chi connectivity index (χ0v) is 16.4. The van der Waals surface area contributed by atoms with Crippen LogP contribution in [-0.4, -0.2) is 35.1 Å². The van der Waals surface area contributed by atoms with E-state index in [4.69, 9.17) is 4.52 Å². The molecule has 0 aliphatic carbocycles. The van der Waals surface area contributed by atoms with E-state index in [1.165, 1.54) is 5.56 Å². The van der Waals surface area contributed by atoms with Crippen molar-refractivity contribution in [2.75, 3.05) is 14.1 Å². The van der Waals surface area contributed by atoms with Crippen LogP contribution in [0.15, 0.2) is 38.3 Å². The summed E-state index contributed by atoms with van der Waals surface area (Å²) < 4.78 is 6.38. The molecule has 0 fully saturated rings. The van der Waals surface area contributed by atoms with Gasteiger partial charge in [-0.1, -0.05) is 54.0 Å². The number of nitrogens with one attached hydrogen (secondary N) is 1. The lowest BCUT2D eigenvalue weighted by molar-refractivity contribution is 0.318. The molecule has 2 aromatic rings. The van der Waals surface area contributed by atoms with Crippen LogP contribution in [0.2, 0.25) is 0 Å². The second-order valence-corrected chi connectivity index (χ2v) is 7.56. The molecule has 2 rings (SSSR count). The topological polar surface area (TPSA) is 66.5 Å². The third-order valence-electron chi connectivity index (χ3n) is 3.42. The summed E-state index contributed by atoms with van der Waals surface area (Å²) in [6.07, 6.45) is 0.